The lowest BCUT2D eigenvalue weighted by molar-refractivity contribution is -0.111. The predicted octanol–water partition coefficient (Wildman–Crippen LogP) is 6.38. The zero-order chi connectivity index (χ0) is 35.6. The Morgan fingerprint density at radius 2 is 1.71 bits per heavy atom. The Morgan fingerprint density at radius 1 is 0.942 bits per heavy atom. The van der Waals surface area contributed by atoms with Gasteiger partial charge in [0, 0.05) is 75.5 Å². The fourth-order valence-electron chi connectivity index (χ4n) is 7.82. The van der Waals surface area contributed by atoms with Crippen molar-refractivity contribution in [2.75, 3.05) is 73.6 Å². The molecule has 3 saturated heterocycles. The number of methoxy groups -OCH3 is 1. The smallest absolute Gasteiger partial charge is 0.247 e. The standard InChI is InChI=1S/C39H45FN8O4/c1-3-39(49)44-31-22-32(36(50-2)23-34(31)47-11-8-30(9-12-47)46-15-13-45(14-16-46)29-6-7-29)43-37-24-38(42-25-41-37)48-33(10-18-52-48)26-19-27(21-28(40)20-26)35-5-4-17-51-35/h3-5,17,19-25,29-30,33H,1,6-16,18H2,2H3,(H,44,49)(H,41,42,43). The average Bonchev–Trinajstić information content (AvgIpc) is 3.64. The Balaban J connectivity index is 1.00. The molecule has 13 heteroatoms. The first-order valence-electron chi connectivity index (χ1n) is 18.2. The summed E-state index contributed by atoms with van der Waals surface area (Å²) >= 11 is 0. The largest absolute Gasteiger partial charge is 0.494 e. The number of halogens is 1. The first-order valence-corrected chi connectivity index (χ1v) is 18.2. The lowest BCUT2D eigenvalue weighted by Gasteiger charge is -2.43. The van der Waals surface area contributed by atoms with Crippen LogP contribution in [0.15, 0.2) is 78.2 Å². The van der Waals surface area contributed by atoms with Crippen molar-refractivity contribution in [3.8, 4) is 17.1 Å². The molecule has 4 fully saturated rings. The van der Waals surface area contributed by atoms with E-state index in [1.165, 1.54) is 50.5 Å². The molecule has 0 radical (unpaired) electrons. The fraction of sp³-hybridized carbons (Fsp3) is 0.410. The van der Waals surface area contributed by atoms with E-state index in [0.717, 1.165) is 56.3 Å². The highest BCUT2D eigenvalue weighted by Gasteiger charge is 2.34. The zero-order valence-corrected chi connectivity index (χ0v) is 29.5. The highest BCUT2D eigenvalue weighted by atomic mass is 19.1. The van der Waals surface area contributed by atoms with Gasteiger partial charge in [-0.2, -0.15) is 0 Å². The monoisotopic (exact) mass is 708 g/mol. The van der Waals surface area contributed by atoms with Gasteiger partial charge in [0.2, 0.25) is 5.91 Å². The molecule has 4 aromatic rings. The minimum atomic E-state index is -0.359. The quantitative estimate of drug-likeness (QED) is 0.169. The van der Waals surface area contributed by atoms with Gasteiger partial charge >= 0.3 is 0 Å². The number of nitrogens with zero attached hydrogens (tertiary/aromatic N) is 6. The van der Waals surface area contributed by atoms with Gasteiger partial charge in [-0.3, -0.25) is 19.4 Å². The van der Waals surface area contributed by atoms with Gasteiger partial charge in [-0.1, -0.05) is 6.58 Å². The fourth-order valence-corrected chi connectivity index (χ4v) is 7.82. The molecule has 2 aromatic heterocycles. The number of anilines is 5. The number of amides is 1. The van der Waals surface area contributed by atoms with Crippen LogP contribution in [0.4, 0.5) is 33.1 Å². The number of ether oxygens (including phenoxy) is 1. The van der Waals surface area contributed by atoms with E-state index in [2.05, 4.69) is 41.9 Å². The van der Waals surface area contributed by atoms with Crippen LogP contribution in [0.25, 0.3) is 11.3 Å². The van der Waals surface area contributed by atoms with Gasteiger partial charge in [0.15, 0.2) is 5.82 Å². The summed E-state index contributed by atoms with van der Waals surface area (Å²) in [5.41, 5.74) is 3.57. The number of carbonyl (C=O) groups is 1. The van der Waals surface area contributed by atoms with Crippen LogP contribution in [0, 0.1) is 5.82 Å². The average molecular weight is 709 g/mol. The van der Waals surface area contributed by atoms with Crippen LogP contribution in [0.2, 0.25) is 0 Å². The third kappa shape index (κ3) is 7.34. The highest BCUT2D eigenvalue weighted by molar-refractivity contribution is 6.02. The second-order valence-corrected chi connectivity index (χ2v) is 13.9. The number of aromatic nitrogens is 2. The molecule has 272 valence electrons. The molecular weight excluding hydrogens is 663 g/mol. The number of hydrogen-bond donors (Lipinski definition) is 2. The summed E-state index contributed by atoms with van der Waals surface area (Å²) < 4.78 is 26.2. The van der Waals surface area contributed by atoms with E-state index >= 15 is 0 Å². The molecule has 1 atom stereocenters. The minimum absolute atomic E-state index is 0.279. The number of piperidine rings is 1. The topological polar surface area (TPSA) is 111 Å². The molecule has 0 bridgehead atoms. The van der Waals surface area contributed by atoms with E-state index in [0.29, 0.717) is 59.2 Å². The summed E-state index contributed by atoms with van der Waals surface area (Å²) in [5.74, 6) is 1.54. The summed E-state index contributed by atoms with van der Waals surface area (Å²) in [4.78, 5) is 35.3. The molecule has 8 rings (SSSR count). The molecule has 2 N–H and O–H groups in total. The van der Waals surface area contributed by atoms with Gasteiger partial charge in [-0.05, 0) is 73.7 Å². The van der Waals surface area contributed by atoms with Gasteiger partial charge in [0.25, 0.3) is 0 Å². The van der Waals surface area contributed by atoms with E-state index in [9.17, 15) is 9.18 Å². The number of piperazine rings is 1. The lowest BCUT2D eigenvalue weighted by Crippen LogP contribution is -2.53. The van der Waals surface area contributed by atoms with E-state index in [4.69, 9.17) is 14.0 Å². The first-order chi connectivity index (χ1) is 25.4. The van der Waals surface area contributed by atoms with Crippen molar-refractivity contribution in [3.05, 3.63) is 85.2 Å². The molecule has 4 aliphatic rings. The number of furan rings is 1. The van der Waals surface area contributed by atoms with Crippen molar-refractivity contribution < 1.29 is 23.2 Å². The van der Waals surface area contributed by atoms with Gasteiger partial charge in [-0.25, -0.2) is 19.4 Å². The molecular formula is C39H45FN8O4. The number of benzene rings is 2. The molecule has 3 aliphatic heterocycles. The lowest BCUT2D eigenvalue weighted by atomic mass is 10.0. The van der Waals surface area contributed by atoms with Crippen LogP contribution in [-0.2, 0) is 9.63 Å². The third-order valence-corrected chi connectivity index (χ3v) is 10.7. The molecule has 1 aliphatic carbocycles. The minimum Gasteiger partial charge on any atom is -0.494 e. The van der Waals surface area contributed by atoms with Crippen molar-refractivity contribution in [3.63, 3.8) is 0 Å². The number of carbonyl (C=O) groups excluding carboxylic acids is 1. The van der Waals surface area contributed by atoms with Gasteiger partial charge in [-0.15, -0.1) is 0 Å². The number of hydroxylamine groups is 1. The normalized spacial score (nSPS) is 20.2. The van der Waals surface area contributed by atoms with Crippen molar-refractivity contribution >= 4 is 34.6 Å². The third-order valence-electron chi connectivity index (χ3n) is 10.7. The summed E-state index contributed by atoms with van der Waals surface area (Å²) in [7, 11) is 1.63. The summed E-state index contributed by atoms with van der Waals surface area (Å²) in [6.07, 6.45) is 9.78. The van der Waals surface area contributed by atoms with Crippen LogP contribution in [0.1, 0.15) is 43.7 Å². The molecule has 1 unspecified atom stereocenters. The van der Waals surface area contributed by atoms with Crippen LogP contribution in [0.3, 0.4) is 0 Å². The first kappa shape index (κ1) is 34.1. The van der Waals surface area contributed by atoms with Crippen LogP contribution >= 0.6 is 0 Å². The maximum atomic E-state index is 14.8. The highest BCUT2D eigenvalue weighted by Crippen LogP contribution is 2.41. The Bertz CT molecular complexity index is 1890. The second-order valence-electron chi connectivity index (χ2n) is 13.9. The summed E-state index contributed by atoms with van der Waals surface area (Å²) in [5, 5.41) is 8.09. The van der Waals surface area contributed by atoms with Crippen molar-refractivity contribution in [2.45, 2.75) is 50.2 Å². The van der Waals surface area contributed by atoms with Gasteiger partial charge in [0.05, 0.1) is 43.1 Å². The van der Waals surface area contributed by atoms with Crippen molar-refractivity contribution in [1.29, 1.82) is 0 Å². The van der Waals surface area contributed by atoms with E-state index in [1.807, 2.05) is 18.2 Å². The molecule has 1 saturated carbocycles. The van der Waals surface area contributed by atoms with Crippen molar-refractivity contribution in [2.24, 2.45) is 0 Å². The molecule has 5 heterocycles. The van der Waals surface area contributed by atoms with Crippen LogP contribution in [0.5, 0.6) is 5.75 Å². The second kappa shape index (κ2) is 14.9. The molecule has 12 nitrogen and oxygen atoms in total. The van der Waals surface area contributed by atoms with E-state index in [-0.39, 0.29) is 17.8 Å². The molecule has 1 amide bonds. The number of nitrogens with one attached hydrogen (secondary N) is 2. The number of rotatable bonds is 11. The molecule has 52 heavy (non-hydrogen) atoms. The molecule has 2 aromatic carbocycles. The predicted molar refractivity (Wildman–Crippen MR) is 198 cm³/mol. The van der Waals surface area contributed by atoms with Crippen molar-refractivity contribution in [1.82, 2.24) is 19.8 Å². The SMILES string of the molecule is C=CC(=O)Nc1cc(Nc2cc(N3OCCC3c3cc(F)cc(-c4ccco4)c3)ncn2)c(OC)cc1N1CCC(N2CCN(C3CC3)CC2)CC1. The van der Waals surface area contributed by atoms with Gasteiger partial charge in [0.1, 0.15) is 29.5 Å². The zero-order valence-electron chi connectivity index (χ0n) is 29.5. The van der Waals surface area contributed by atoms with E-state index in [1.54, 1.807) is 36.6 Å². The maximum Gasteiger partial charge on any atom is 0.247 e. The Labute approximate surface area is 303 Å². The Hall–Kier alpha value is -4.98. The Morgan fingerprint density at radius 3 is 2.40 bits per heavy atom. The number of hydrogen-bond acceptors (Lipinski definition) is 11. The van der Waals surface area contributed by atoms with E-state index < -0.39 is 0 Å². The Kier molecular flexibility index (Phi) is 9.80. The van der Waals surface area contributed by atoms with Crippen LogP contribution < -0.4 is 25.3 Å². The molecule has 0 spiro atoms. The van der Waals surface area contributed by atoms with Crippen LogP contribution in [-0.4, -0.2) is 90.7 Å². The maximum absolute atomic E-state index is 14.8. The summed E-state index contributed by atoms with van der Waals surface area (Å²) in [6, 6.07) is 15.2. The van der Waals surface area contributed by atoms with Gasteiger partial charge < -0.3 is 24.7 Å². The summed E-state index contributed by atoms with van der Waals surface area (Å²) in [6.45, 7) is 10.5.